The average molecular weight is 272 g/mol. The molecular weight excluding hydrogens is 244 g/mol. The van der Waals surface area contributed by atoms with Gasteiger partial charge in [-0.1, -0.05) is 43.5 Å². The smallest absolute Gasteiger partial charge is 0.0482 e. The summed E-state index contributed by atoms with van der Waals surface area (Å²) in [7, 11) is 4.39. The third kappa shape index (κ3) is 2.29. The fourth-order valence-electron chi connectivity index (χ4n) is 4.08. The molecule has 2 fully saturated rings. The lowest BCUT2D eigenvalue weighted by Gasteiger charge is -2.42. The van der Waals surface area contributed by atoms with Gasteiger partial charge in [0.25, 0.3) is 0 Å². The van der Waals surface area contributed by atoms with Crippen LogP contribution in [0.3, 0.4) is 0 Å². The Morgan fingerprint density at radius 1 is 1.15 bits per heavy atom. The highest BCUT2D eigenvalue weighted by atomic mass is 15.2. The van der Waals surface area contributed by atoms with Crippen LogP contribution in [0.25, 0.3) is 0 Å². The second-order valence-corrected chi connectivity index (χ2v) is 6.98. The van der Waals surface area contributed by atoms with Gasteiger partial charge >= 0.3 is 0 Å². The minimum atomic E-state index is 0.139. The van der Waals surface area contributed by atoms with Crippen LogP contribution >= 0.6 is 0 Å². The SMILES string of the molecule is CN(C)C1(C(N)c2cccc(C3CCC3)c2)CCCC1. The molecule has 20 heavy (non-hydrogen) atoms. The van der Waals surface area contributed by atoms with Crippen molar-refractivity contribution < 1.29 is 0 Å². The van der Waals surface area contributed by atoms with Crippen LogP contribution in [0.5, 0.6) is 0 Å². The molecule has 0 saturated heterocycles. The van der Waals surface area contributed by atoms with E-state index < -0.39 is 0 Å². The first-order valence-electron chi connectivity index (χ1n) is 8.16. The molecule has 0 spiro atoms. The molecule has 2 saturated carbocycles. The minimum absolute atomic E-state index is 0.139. The minimum Gasteiger partial charge on any atom is -0.322 e. The second-order valence-electron chi connectivity index (χ2n) is 6.98. The Balaban J connectivity index is 1.87. The van der Waals surface area contributed by atoms with Gasteiger partial charge < -0.3 is 10.6 Å². The Morgan fingerprint density at radius 3 is 2.40 bits per heavy atom. The molecule has 0 amide bonds. The fourth-order valence-corrected chi connectivity index (χ4v) is 4.08. The van der Waals surface area contributed by atoms with E-state index in [1.54, 1.807) is 0 Å². The number of hydrogen-bond acceptors (Lipinski definition) is 2. The lowest BCUT2D eigenvalue weighted by Crippen LogP contribution is -2.50. The van der Waals surface area contributed by atoms with Crippen LogP contribution in [0.1, 0.15) is 68.0 Å². The first kappa shape index (κ1) is 14.1. The van der Waals surface area contributed by atoms with Gasteiger partial charge in [-0.25, -0.2) is 0 Å². The zero-order chi connectivity index (χ0) is 14.2. The van der Waals surface area contributed by atoms with Crippen molar-refractivity contribution in [1.82, 2.24) is 4.90 Å². The molecule has 110 valence electrons. The maximum absolute atomic E-state index is 6.72. The molecule has 1 unspecified atom stereocenters. The van der Waals surface area contributed by atoms with Crippen molar-refractivity contribution >= 4 is 0 Å². The predicted octanol–water partition coefficient (Wildman–Crippen LogP) is 3.83. The summed E-state index contributed by atoms with van der Waals surface area (Å²) in [5, 5.41) is 0. The third-order valence-electron chi connectivity index (χ3n) is 5.79. The van der Waals surface area contributed by atoms with Crippen molar-refractivity contribution in [2.45, 2.75) is 62.4 Å². The predicted molar refractivity (Wildman–Crippen MR) is 84.8 cm³/mol. The number of nitrogens with two attached hydrogens (primary N) is 1. The van der Waals surface area contributed by atoms with Crippen LogP contribution < -0.4 is 5.73 Å². The molecule has 2 aliphatic rings. The highest BCUT2D eigenvalue weighted by molar-refractivity contribution is 5.31. The highest BCUT2D eigenvalue weighted by Gasteiger charge is 2.42. The van der Waals surface area contributed by atoms with Crippen molar-refractivity contribution in [1.29, 1.82) is 0 Å². The van der Waals surface area contributed by atoms with Gasteiger partial charge in [0, 0.05) is 11.6 Å². The van der Waals surface area contributed by atoms with E-state index in [1.807, 2.05) is 0 Å². The first-order valence-corrected chi connectivity index (χ1v) is 8.16. The zero-order valence-corrected chi connectivity index (χ0v) is 12.9. The van der Waals surface area contributed by atoms with Crippen LogP contribution in [-0.4, -0.2) is 24.5 Å². The number of benzene rings is 1. The molecule has 1 aromatic rings. The maximum Gasteiger partial charge on any atom is 0.0482 e. The van der Waals surface area contributed by atoms with Crippen LogP contribution in [0, 0.1) is 0 Å². The number of nitrogens with zero attached hydrogens (tertiary/aromatic N) is 1. The number of hydrogen-bond donors (Lipinski definition) is 1. The quantitative estimate of drug-likeness (QED) is 0.902. The molecule has 2 N–H and O–H groups in total. The van der Waals surface area contributed by atoms with Crippen LogP contribution in [-0.2, 0) is 0 Å². The molecule has 2 heteroatoms. The van der Waals surface area contributed by atoms with Crippen LogP contribution in [0.4, 0.5) is 0 Å². The van der Waals surface area contributed by atoms with E-state index in [0.29, 0.717) is 0 Å². The van der Waals surface area contributed by atoms with Crippen molar-refractivity contribution in [2.24, 2.45) is 5.73 Å². The molecule has 0 aliphatic heterocycles. The van der Waals surface area contributed by atoms with Gasteiger partial charge in [-0.15, -0.1) is 0 Å². The molecule has 2 nitrogen and oxygen atoms in total. The standard InChI is InChI=1S/C18H28N2/c1-20(2)18(11-3-4-12-18)17(19)16-10-6-9-15(13-16)14-7-5-8-14/h6,9-10,13-14,17H,3-5,7-8,11-12,19H2,1-2H3. The number of rotatable bonds is 4. The molecule has 1 aromatic carbocycles. The van der Waals surface area contributed by atoms with Gasteiger partial charge in [0.2, 0.25) is 0 Å². The summed E-state index contributed by atoms with van der Waals surface area (Å²) < 4.78 is 0. The monoisotopic (exact) mass is 272 g/mol. The van der Waals surface area contributed by atoms with Crippen molar-refractivity contribution in [3.63, 3.8) is 0 Å². The van der Waals surface area contributed by atoms with E-state index in [4.69, 9.17) is 5.73 Å². The summed E-state index contributed by atoms with van der Waals surface area (Å²) in [5.41, 5.74) is 9.74. The Labute approximate surface area is 123 Å². The zero-order valence-electron chi connectivity index (χ0n) is 12.9. The highest BCUT2D eigenvalue weighted by Crippen LogP contribution is 2.43. The number of likely N-dealkylation sites (N-methyl/N-ethyl adjacent to an activating group) is 1. The van der Waals surface area contributed by atoms with E-state index in [2.05, 4.69) is 43.3 Å². The van der Waals surface area contributed by atoms with Gasteiger partial charge in [0.15, 0.2) is 0 Å². The summed E-state index contributed by atoms with van der Waals surface area (Å²) in [6.45, 7) is 0. The Morgan fingerprint density at radius 2 is 1.85 bits per heavy atom. The topological polar surface area (TPSA) is 29.3 Å². The van der Waals surface area contributed by atoms with Crippen LogP contribution in [0.2, 0.25) is 0 Å². The normalized spacial score (nSPS) is 23.8. The Hall–Kier alpha value is -0.860. The molecule has 0 bridgehead atoms. The van der Waals surface area contributed by atoms with Gasteiger partial charge in [0.1, 0.15) is 0 Å². The summed E-state index contributed by atoms with van der Waals surface area (Å²) in [4.78, 5) is 2.38. The Kier molecular flexibility index (Phi) is 3.87. The molecular formula is C18H28N2. The summed E-state index contributed by atoms with van der Waals surface area (Å²) in [6, 6.07) is 9.26. The van der Waals surface area contributed by atoms with Gasteiger partial charge in [-0.2, -0.15) is 0 Å². The summed E-state index contributed by atoms with van der Waals surface area (Å²) in [6.07, 6.45) is 9.20. The largest absolute Gasteiger partial charge is 0.322 e. The van der Waals surface area contributed by atoms with Crippen molar-refractivity contribution in [3.8, 4) is 0 Å². The van der Waals surface area contributed by atoms with E-state index in [9.17, 15) is 0 Å². The average Bonchev–Trinajstić information content (AvgIpc) is 2.87. The fraction of sp³-hybridized carbons (Fsp3) is 0.667. The van der Waals surface area contributed by atoms with Crippen molar-refractivity contribution in [2.75, 3.05) is 14.1 Å². The molecule has 1 atom stereocenters. The molecule has 0 radical (unpaired) electrons. The molecule has 3 rings (SSSR count). The molecule has 0 heterocycles. The lowest BCUT2D eigenvalue weighted by molar-refractivity contribution is 0.123. The second kappa shape index (κ2) is 5.50. The van der Waals surface area contributed by atoms with E-state index in [1.165, 1.54) is 56.1 Å². The molecule has 2 aliphatic carbocycles. The van der Waals surface area contributed by atoms with E-state index >= 15 is 0 Å². The first-order chi connectivity index (χ1) is 9.63. The third-order valence-corrected chi connectivity index (χ3v) is 5.79. The van der Waals surface area contributed by atoms with Gasteiger partial charge in [-0.3, -0.25) is 0 Å². The van der Waals surface area contributed by atoms with Gasteiger partial charge in [-0.05, 0) is 56.8 Å². The molecule has 0 aromatic heterocycles. The van der Waals surface area contributed by atoms with Crippen molar-refractivity contribution in [3.05, 3.63) is 35.4 Å². The summed E-state index contributed by atoms with van der Waals surface area (Å²) >= 11 is 0. The summed E-state index contributed by atoms with van der Waals surface area (Å²) in [5.74, 6) is 0.793. The van der Waals surface area contributed by atoms with Gasteiger partial charge in [0.05, 0.1) is 0 Å². The van der Waals surface area contributed by atoms with Crippen LogP contribution in [0.15, 0.2) is 24.3 Å². The maximum atomic E-state index is 6.72. The van der Waals surface area contributed by atoms with E-state index in [-0.39, 0.29) is 11.6 Å². The lowest BCUT2D eigenvalue weighted by atomic mass is 9.77. The van der Waals surface area contributed by atoms with E-state index in [0.717, 1.165) is 5.92 Å². The Bertz CT molecular complexity index is 456.